The van der Waals surface area contributed by atoms with Gasteiger partial charge in [-0.05, 0) is 42.8 Å². The Bertz CT molecular complexity index is 1080. The molecule has 4 nitrogen and oxygen atoms in total. The van der Waals surface area contributed by atoms with Gasteiger partial charge in [-0.15, -0.1) is 0 Å². The predicted molar refractivity (Wildman–Crippen MR) is 110 cm³/mol. The number of methoxy groups -OCH3 is 1. The van der Waals surface area contributed by atoms with Gasteiger partial charge in [-0.3, -0.25) is 4.79 Å². The monoisotopic (exact) mass is 389 g/mol. The third-order valence-corrected chi connectivity index (χ3v) is 5.82. The molecule has 0 aromatic heterocycles. The first-order chi connectivity index (χ1) is 13.6. The maximum atomic E-state index is 13.4. The van der Waals surface area contributed by atoms with Crippen LogP contribution in [0.1, 0.15) is 31.8 Å². The van der Waals surface area contributed by atoms with Crippen LogP contribution in [0.15, 0.2) is 76.5 Å². The molecule has 4 rings (SSSR count). The van der Waals surface area contributed by atoms with Crippen molar-refractivity contribution in [3.05, 3.63) is 89.0 Å². The summed E-state index contributed by atoms with van der Waals surface area (Å²) in [6.07, 6.45) is 0. The molecule has 140 valence electrons. The van der Waals surface area contributed by atoms with Gasteiger partial charge >= 0.3 is 5.97 Å². The fraction of sp³-hybridized carbons (Fsp3) is 0.130. The summed E-state index contributed by atoms with van der Waals surface area (Å²) in [5.41, 5.74) is 3.98. The van der Waals surface area contributed by atoms with Crippen LogP contribution >= 0.6 is 11.8 Å². The first-order valence-corrected chi connectivity index (χ1v) is 9.75. The van der Waals surface area contributed by atoms with E-state index in [9.17, 15) is 9.59 Å². The van der Waals surface area contributed by atoms with Crippen LogP contribution < -0.4 is 4.90 Å². The number of nitrogens with zero attached hydrogens (tertiary/aromatic N) is 1. The molecule has 0 spiro atoms. The third kappa shape index (κ3) is 3.41. The van der Waals surface area contributed by atoms with Crippen molar-refractivity contribution in [2.45, 2.75) is 23.3 Å². The molecule has 3 aromatic rings. The molecule has 1 heterocycles. The summed E-state index contributed by atoms with van der Waals surface area (Å²) in [6, 6.07) is 21.1. The van der Waals surface area contributed by atoms with Gasteiger partial charge in [0.05, 0.1) is 30.5 Å². The highest BCUT2D eigenvalue weighted by molar-refractivity contribution is 7.99. The molecule has 28 heavy (non-hydrogen) atoms. The summed E-state index contributed by atoms with van der Waals surface area (Å²) in [5.74, 6) is -0.497. The van der Waals surface area contributed by atoms with Crippen molar-refractivity contribution in [3.63, 3.8) is 0 Å². The van der Waals surface area contributed by atoms with E-state index in [2.05, 4.69) is 6.07 Å². The first-order valence-electron chi connectivity index (χ1n) is 8.93. The number of benzene rings is 3. The first kappa shape index (κ1) is 18.3. The number of amides is 1. The van der Waals surface area contributed by atoms with E-state index in [4.69, 9.17) is 4.74 Å². The van der Waals surface area contributed by atoms with Gasteiger partial charge < -0.3 is 9.64 Å². The Morgan fingerprint density at radius 3 is 2.61 bits per heavy atom. The van der Waals surface area contributed by atoms with E-state index in [0.717, 1.165) is 26.6 Å². The molecule has 0 fully saturated rings. The average Bonchev–Trinajstić information content (AvgIpc) is 2.82. The van der Waals surface area contributed by atoms with E-state index in [1.807, 2.05) is 55.5 Å². The summed E-state index contributed by atoms with van der Waals surface area (Å²) in [4.78, 5) is 29.1. The Hall–Kier alpha value is -3.05. The zero-order chi connectivity index (χ0) is 19.7. The van der Waals surface area contributed by atoms with Crippen molar-refractivity contribution < 1.29 is 14.3 Å². The number of ether oxygens (including phenoxy) is 1. The van der Waals surface area contributed by atoms with Crippen molar-refractivity contribution in [2.75, 3.05) is 12.0 Å². The van der Waals surface area contributed by atoms with Crippen LogP contribution in [0.3, 0.4) is 0 Å². The highest BCUT2D eigenvalue weighted by atomic mass is 32.2. The standard InChI is InChI=1S/C23H19NO3S/c1-15-6-5-7-16(12-15)14-24-19-13-17(23(26)27-2)10-11-21(19)28-20-9-4-3-8-18(20)22(24)25/h3-13H,14H2,1-2H3. The number of carbonyl (C=O) groups excluding carboxylic acids is 2. The average molecular weight is 389 g/mol. The molecule has 0 radical (unpaired) electrons. The van der Waals surface area contributed by atoms with Crippen LogP contribution in [0, 0.1) is 6.92 Å². The lowest BCUT2D eigenvalue weighted by molar-refractivity contribution is 0.0600. The van der Waals surface area contributed by atoms with Gasteiger partial charge in [-0.25, -0.2) is 4.79 Å². The summed E-state index contributed by atoms with van der Waals surface area (Å²) >= 11 is 1.54. The number of hydrogen-bond acceptors (Lipinski definition) is 4. The number of carbonyl (C=O) groups is 2. The lowest BCUT2D eigenvalue weighted by Gasteiger charge is -2.24. The molecular weight excluding hydrogens is 370 g/mol. The minimum Gasteiger partial charge on any atom is -0.465 e. The van der Waals surface area contributed by atoms with Crippen LogP contribution in [-0.4, -0.2) is 19.0 Å². The van der Waals surface area contributed by atoms with E-state index in [1.54, 1.807) is 17.0 Å². The fourth-order valence-electron chi connectivity index (χ4n) is 3.32. The lowest BCUT2D eigenvalue weighted by atomic mass is 10.1. The summed E-state index contributed by atoms with van der Waals surface area (Å²) in [7, 11) is 1.36. The number of esters is 1. The molecule has 0 saturated heterocycles. The van der Waals surface area contributed by atoms with Crippen molar-refractivity contribution in [1.29, 1.82) is 0 Å². The Morgan fingerprint density at radius 2 is 1.82 bits per heavy atom. The topological polar surface area (TPSA) is 46.6 Å². The van der Waals surface area contributed by atoms with Crippen LogP contribution in [0.5, 0.6) is 0 Å². The Morgan fingerprint density at radius 1 is 1.00 bits per heavy atom. The van der Waals surface area contributed by atoms with Gasteiger partial charge in [0.15, 0.2) is 0 Å². The lowest BCUT2D eigenvalue weighted by Crippen LogP contribution is -2.30. The minimum atomic E-state index is -0.419. The van der Waals surface area contributed by atoms with E-state index in [1.165, 1.54) is 18.9 Å². The molecule has 0 aliphatic carbocycles. The summed E-state index contributed by atoms with van der Waals surface area (Å²) < 4.78 is 4.87. The van der Waals surface area contributed by atoms with Crippen LogP contribution in [-0.2, 0) is 11.3 Å². The zero-order valence-electron chi connectivity index (χ0n) is 15.6. The van der Waals surface area contributed by atoms with Gasteiger partial charge in [0.2, 0.25) is 0 Å². The Labute approximate surface area is 168 Å². The molecule has 0 atom stereocenters. The molecule has 1 aliphatic rings. The quantitative estimate of drug-likeness (QED) is 0.585. The maximum Gasteiger partial charge on any atom is 0.337 e. The molecule has 0 saturated carbocycles. The van der Waals surface area contributed by atoms with Gasteiger partial charge in [0.1, 0.15) is 0 Å². The van der Waals surface area contributed by atoms with E-state index in [0.29, 0.717) is 17.7 Å². The zero-order valence-corrected chi connectivity index (χ0v) is 16.5. The smallest absolute Gasteiger partial charge is 0.337 e. The normalized spacial score (nSPS) is 12.8. The molecule has 1 aliphatic heterocycles. The maximum absolute atomic E-state index is 13.4. The molecule has 1 amide bonds. The van der Waals surface area contributed by atoms with Crippen LogP contribution in [0.2, 0.25) is 0 Å². The molecule has 3 aromatic carbocycles. The van der Waals surface area contributed by atoms with Gasteiger partial charge in [-0.1, -0.05) is 53.7 Å². The van der Waals surface area contributed by atoms with Gasteiger partial charge in [0.25, 0.3) is 5.91 Å². The fourth-order valence-corrected chi connectivity index (χ4v) is 4.37. The third-order valence-electron chi connectivity index (χ3n) is 4.68. The van der Waals surface area contributed by atoms with E-state index >= 15 is 0 Å². The minimum absolute atomic E-state index is 0.0784. The number of hydrogen-bond donors (Lipinski definition) is 0. The Kier molecular flexibility index (Phi) is 4.92. The number of anilines is 1. The van der Waals surface area contributed by atoms with E-state index < -0.39 is 5.97 Å². The van der Waals surface area contributed by atoms with Gasteiger partial charge in [0, 0.05) is 9.79 Å². The van der Waals surface area contributed by atoms with Crippen molar-refractivity contribution >= 4 is 29.3 Å². The van der Waals surface area contributed by atoms with Crippen LogP contribution in [0.25, 0.3) is 0 Å². The van der Waals surface area contributed by atoms with Crippen molar-refractivity contribution in [1.82, 2.24) is 0 Å². The predicted octanol–water partition coefficient (Wildman–Crippen LogP) is 5.09. The van der Waals surface area contributed by atoms with Crippen molar-refractivity contribution in [3.8, 4) is 0 Å². The molecule has 0 N–H and O–H groups in total. The number of rotatable bonds is 3. The Balaban J connectivity index is 1.86. The molecule has 0 unspecified atom stereocenters. The largest absolute Gasteiger partial charge is 0.465 e. The number of fused-ring (bicyclic) bond motifs is 2. The second-order valence-electron chi connectivity index (χ2n) is 6.65. The highest BCUT2D eigenvalue weighted by Crippen LogP contribution is 2.42. The second kappa shape index (κ2) is 7.52. The van der Waals surface area contributed by atoms with Gasteiger partial charge in [-0.2, -0.15) is 0 Å². The highest BCUT2D eigenvalue weighted by Gasteiger charge is 2.28. The second-order valence-corrected chi connectivity index (χ2v) is 7.74. The summed E-state index contributed by atoms with van der Waals surface area (Å²) in [5, 5.41) is 0. The number of aryl methyl sites for hydroxylation is 1. The van der Waals surface area contributed by atoms with Crippen molar-refractivity contribution in [2.24, 2.45) is 0 Å². The molecule has 0 bridgehead atoms. The molecule has 5 heteroatoms. The van der Waals surface area contributed by atoms with Crippen LogP contribution in [0.4, 0.5) is 5.69 Å². The SMILES string of the molecule is COC(=O)c1ccc2c(c1)N(Cc1cccc(C)c1)C(=O)c1ccccc1S2. The molecular formula is C23H19NO3S. The summed E-state index contributed by atoms with van der Waals surface area (Å²) in [6.45, 7) is 2.45. The van der Waals surface area contributed by atoms with E-state index in [-0.39, 0.29) is 5.91 Å².